The molecule has 1 unspecified atom stereocenters. The van der Waals surface area contributed by atoms with Crippen molar-refractivity contribution in [3.63, 3.8) is 0 Å². The summed E-state index contributed by atoms with van der Waals surface area (Å²) in [6.07, 6.45) is 1.03. The highest BCUT2D eigenvalue weighted by Crippen LogP contribution is 2.47. The van der Waals surface area contributed by atoms with Crippen LogP contribution in [0.2, 0.25) is 5.02 Å². The molecule has 1 aromatic heterocycles. The van der Waals surface area contributed by atoms with Crippen LogP contribution < -0.4 is 4.31 Å². The van der Waals surface area contributed by atoms with Gasteiger partial charge in [-0.05, 0) is 53.8 Å². The lowest BCUT2D eigenvalue weighted by molar-refractivity contribution is 0.0981. The molecule has 0 N–H and O–H groups in total. The number of imidazole rings is 1. The first-order valence-electron chi connectivity index (χ1n) is 11.2. The molecule has 4 aromatic rings. The third-order valence-corrected chi connectivity index (χ3v) is 8.21. The Morgan fingerprint density at radius 3 is 2.32 bits per heavy atom. The van der Waals surface area contributed by atoms with Crippen LogP contribution in [0.5, 0.6) is 0 Å². The summed E-state index contributed by atoms with van der Waals surface area (Å²) in [5, 5.41) is 1.13. The predicted molar refractivity (Wildman–Crippen MR) is 143 cm³/mol. The molecular weight excluding hydrogens is 482 g/mol. The first kappa shape index (κ1) is 23.1. The molecule has 0 fully saturated rings. The largest absolute Gasteiger partial charge is 0.293 e. The third-order valence-electron chi connectivity index (χ3n) is 5.56. The maximum atomic E-state index is 14.0. The highest BCUT2D eigenvalue weighted by atomic mass is 35.5. The Hall–Kier alpha value is -2.67. The summed E-state index contributed by atoms with van der Waals surface area (Å²) in [6.45, 7) is 2.81. The number of halogens is 1. The van der Waals surface area contributed by atoms with E-state index in [2.05, 4.69) is 23.4 Å². The summed E-state index contributed by atoms with van der Waals surface area (Å²) in [7, 11) is 0. The van der Waals surface area contributed by atoms with Gasteiger partial charge in [0.1, 0.15) is 10.9 Å². The summed E-state index contributed by atoms with van der Waals surface area (Å²) >= 11 is 9.37. The summed E-state index contributed by atoms with van der Waals surface area (Å²) < 4.78 is 4.21. The molecule has 0 spiro atoms. The minimum absolute atomic E-state index is 0.0614. The van der Waals surface area contributed by atoms with E-state index in [0.717, 1.165) is 34.4 Å². The zero-order chi connectivity index (χ0) is 23.5. The predicted octanol–water partition coefficient (Wildman–Crippen LogP) is 7.62. The highest BCUT2D eigenvalue weighted by molar-refractivity contribution is 8.01. The molecule has 0 bridgehead atoms. The Morgan fingerprint density at radius 2 is 1.65 bits per heavy atom. The van der Waals surface area contributed by atoms with Crippen LogP contribution in [0.25, 0.3) is 5.69 Å². The van der Waals surface area contributed by atoms with Gasteiger partial charge < -0.3 is 0 Å². The van der Waals surface area contributed by atoms with Gasteiger partial charge in [-0.1, -0.05) is 91.0 Å². The Morgan fingerprint density at radius 1 is 0.971 bits per heavy atom. The monoisotopic (exact) mass is 505 g/mol. The molecule has 34 heavy (non-hydrogen) atoms. The van der Waals surface area contributed by atoms with Gasteiger partial charge in [0.25, 0.3) is 0 Å². The first-order chi connectivity index (χ1) is 16.7. The molecule has 2 heterocycles. The van der Waals surface area contributed by atoms with Crippen LogP contribution >= 0.6 is 35.3 Å². The van der Waals surface area contributed by atoms with Gasteiger partial charge in [-0.3, -0.25) is 13.7 Å². The second kappa shape index (κ2) is 10.3. The number of Topliss-reactive ketones (excluding diaryl/α,β-unsaturated/α-hetero) is 1. The molecule has 4 nitrogen and oxygen atoms in total. The number of aromatic nitrogens is 2. The van der Waals surface area contributed by atoms with Crippen molar-refractivity contribution < 1.29 is 4.79 Å². The van der Waals surface area contributed by atoms with Gasteiger partial charge >= 0.3 is 0 Å². The zero-order valence-electron chi connectivity index (χ0n) is 18.7. The molecule has 5 rings (SSSR count). The number of carbonyl (C=O) groups excluding carboxylic acids is 1. The molecule has 0 saturated carbocycles. The van der Waals surface area contributed by atoms with E-state index in [4.69, 9.17) is 16.6 Å². The number of para-hydroxylation sites is 1. The van der Waals surface area contributed by atoms with Gasteiger partial charge in [-0.2, -0.15) is 0 Å². The third kappa shape index (κ3) is 4.63. The van der Waals surface area contributed by atoms with E-state index in [-0.39, 0.29) is 11.0 Å². The lowest BCUT2D eigenvalue weighted by Crippen LogP contribution is -2.29. The lowest BCUT2D eigenvalue weighted by atomic mass is 10.1. The molecule has 3 aromatic carbocycles. The topological polar surface area (TPSA) is 38.1 Å². The Bertz CT molecular complexity index is 1280. The standard InChI is InChI=1S/C27H24ClN3OS2/c1-2-17-33-27-29-26-23(31(27)22-11-7-4-8-12-22)24(32)25(20-13-15-21(28)16-14-20)34-30(26)18-19-9-5-3-6-10-19/h3-16,25H,2,17-18H2,1H3. The number of fused-ring (bicyclic) bond motifs is 1. The van der Waals surface area contributed by atoms with Crippen molar-refractivity contribution in [3.8, 4) is 5.69 Å². The van der Waals surface area contributed by atoms with Crippen LogP contribution in [0.1, 0.15) is 40.2 Å². The highest BCUT2D eigenvalue weighted by Gasteiger charge is 2.39. The smallest absolute Gasteiger partial charge is 0.202 e. The first-order valence-corrected chi connectivity index (χ1v) is 13.4. The molecule has 172 valence electrons. The SMILES string of the molecule is CCCSc1nc2c(n1-c1ccccc1)C(=O)C(c1ccc(Cl)cc1)SN2Cc1ccccc1. The van der Waals surface area contributed by atoms with E-state index in [9.17, 15) is 4.79 Å². The molecule has 0 aliphatic carbocycles. The minimum atomic E-state index is -0.378. The molecule has 1 atom stereocenters. The molecule has 1 aliphatic heterocycles. The van der Waals surface area contributed by atoms with Crippen molar-refractivity contribution in [1.82, 2.24) is 9.55 Å². The molecular formula is C27H24ClN3OS2. The fourth-order valence-corrected chi connectivity index (χ4v) is 6.13. The quantitative estimate of drug-likeness (QED) is 0.191. The van der Waals surface area contributed by atoms with Crippen LogP contribution in [0.15, 0.2) is 90.1 Å². The number of benzene rings is 3. The van der Waals surface area contributed by atoms with E-state index in [0.29, 0.717) is 17.3 Å². The van der Waals surface area contributed by atoms with Crippen LogP contribution in [-0.2, 0) is 6.54 Å². The number of thioether (sulfide) groups is 1. The van der Waals surface area contributed by atoms with Gasteiger partial charge in [0.15, 0.2) is 11.0 Å². The number of hydrogen-bond donors (Lipinski definition) is 0. The van der Waals surface area contributed by atoms with Crippen molar-refractivity contribution in [3.05, 3.63) is 107 Å². The number of hydrogen-bond acceptors (Lipinski definition) is 5. The number of carbonyl (C=O) groups is 1. The second-order valence-electron chi connectivity index (χ2n) is 8.01. The van der Waals surface area contributed by atoms with Gasteiger partial charge in [0.2, 0.25) is 5.78 Å². The molecule has 0 amide bonds. The summed E-state index contributed by atoms with van der Waals surface area (Å²) in [5.41, 5.74) is 3.69. The normalized spacial score (nSPS) is 15.4. The van der Waals surface area contributed by atoms with Crippen molar-refractivity contribution >= 4 is 46.9 Å². The van der Waals surface area contributed by atoms with Gasteiger partial charge in [-0.25, -0.2) is 4.98 Å². The van der Waals surface area contributed by atoms with Gasteiger partial charge in [-0.15, -0.1) is 0 Å². The molecule has 0 radical (unpaired) electrons. The van der Waals surface area contributed by atoms with E-state index >= 15 is 0 Å². The summed E-state index contributed by atoms with van der Waals surface area (Å²) in [4.78, 5) is 19.1. The van der Waals surface area contributed by atoms with Crippen LogP contribution in [-0.4, -0.2) is 21.1 Å². The maximum absolute atomic E-state index is 14.0. The average molecular weight is 506 g/mol. The summed E-state index contributed by atoms with van der Waals surface area (Å²) in [6, 6.07) is 27.9. The number of nitrogens with zero attached hydrogens (tertiary/aromatic N) is 3. The minimum Gasteiger partial charge on any atom is -0.293 e. The number of anilines is 1. The van der Waals surface area contributed by atoms with Gasteiger partial charge in [0.05, 0.1) is 6.54 Å². The Labute approximate surface area is 213 Å². The van der Waals surface area contributed by atoms with Crippen molar-refractivity contribution in [2.24, 2.45) is 0 Å². The average Bonchev–Trinajstić information content (AvgIpc) is 3.26. The lowest BCUT2D eigenvalue weighted by Gasteiger charge is -2.31. The summed E-state index contributed by atoms with van der Waals surface area (Å²) in [5.74, 6) is 1.72. The second-order valence-corrected chi connectivity index (χ2v) is 10.6. The van der Waals surface area contributed by atoms with Gasteiger partial charge in [0, 0.05) is 16.5 Å². The zero-order valence-corrected chi connectivity index (χ0v) is 21.1. The van der Waals surface area contributed by atoms with E-state index < -0.39 is 0 Å². The van der Waals surface area contributed by atoms with E-state index in [1.807, 2.05) is 77.4 Å². The van der Waals surface area contributed by atoms with Crippen molar-refractivity contribution in [2.75, 3.05) is 10.1 Å². The van der Waals surface area contributed by atoms with Crippen LogP contribution in [0.3, 0.4) is 0 Å². The number of ketones is 1. The van der Waals surface area contributed by atoms with Crippen LogP contribution in [0, 0.1) is 0 Å². The van der Waals surface area contributed by atoms with Crippen molar-refractivity contribution in [2.45, 2.75) is 30.3 Å². The van der Waals surface area contributed by atoms with Crippen molar-refractivity contribution in [1.29, 1.82) is 0 Å². The molecule has 7 heteroatoms. The maximum Gasteiger partial charge on any atom is 0.202 e. The fraction of sp³-hybridized carbons (Fsp3) is 0.185. The Balaban J connectivity index is 1.66. The fourth-order valence-electron chi connectivity index (χ4n) is 3.95. The molecule has 0 saturated heterocycles. The van der Waals surface area contributed by atoms with E-state index in [1.54, 1.807) is 11.8 Å². The Kier molecular flexibility index (Phi) is 6.99. The molecule has 1 aliphatic rings. The van der Waals surface area contributed by atoms with Crippen LogP contribution in [0.4, 0.5) is 5.82 Å². The van der Waals surface area contributed by atoms with E-state index in [1.165, 1.54) is 17.5 Å². The number of rotatable bonds is 7.